The Balaban J connectivity index is 6.30. The lowest BCUT2D eigenvalue weighted by Crippen LogP contribution is -2.55. The second kappa shape index (κ2) is 54.3. The minimum atomic E-state index is -1.23. The number of ether oxygens (including phenoxy) is 6. The zero-order chi connectivity index (χ0) is 76.0. The smallest absolute Gasteiger partial charge is 0.239 e. The van der Waals surface area contributed by atoms with Gasteiger partial charge in [-0.15, -0.1) is 0 Å². The fourth-order valence-electron chi connectivity index (χ4n) is 10.6. The van der Waals surface area contributed by atoms with Gasteiger partial charge in [0.1, 0.15) is 36.4 Å². The number of hydrogen-bond acceptors (Lipinski definition) is 25. The van der Waals surface area contributed by atoms with E-state index in [0.717, 1.165) is 0 Å². The van der Waals surface area contributed by atoms with Crippen LogP contribution in [0.15, 0.2) is 0 Å². The molecule has 0 saturated carbocycles. The van der Waals surface area contributed by atoms with E-state index in [1.165, 1.54) is 46.4 Å². The summed E-state index contributed by atoms with van der Waals surface area (Å²) in [5.41, 5.74) is 0. The Bertz CT molecular complexity index is 2320. The summed E-state index contributed by atoms with van der Waals surface area (Å²) in [6.07, 6.45) is -6.15. The van der Waals surface area contributed by atoms with E-state index in [9.17, 15) is 89.1 Å². The molecule has 0 aliphatic rings. The summed E-state index contributed by atoms with van der Waals surface area (Å²) in [6.45, 7) is 15.8. The molecule has 0 aromatic rings. The van der Waals surface area contributed by atoms with E-state index in [2.05, 4.69) is 47.9 Å². The van der Waals surface area contributed by atoms with Crippen molar-refractivity contribution in [1.82, 2.24) is 52.8 Å². The van der Waals surface area contributed by atoms with Gasteiger partial charge in [-0.2, -0.15) is 0 Å². The van der Waals surface area contributed by atoms with E-state index in [0.29, 0.717) is 44.9 Å². The summed E-state index contributed by atoms with van der Waals surface area (Å²) in [5.74, 6) is -6.00. The molecule has 0 bridgehead atoms. The Kier molecular flexibility index (Phi) is 51.3. The molecule has 584 valence electrons. The van der Waals surface area contributed by atoms with Crippen LogP contribution in [-0.2, 0) is 71.6 Å². The van der Waals surface area contributed by atoms with Gasteiger partial charge in [0, 0.05) is 40.4 Å². The summed E-state index contributed by atoms with van der Waals surface area (Å²) in [5, 5.41) is 113. The molecule has 13 unspecified atom stereocenters. The molecule has 0 aliphatic carbocycles. The number of nitrogens with one attached hydrogen (secondary N) is 9. The maximum Gasteiger partial charge on any atom is 0.239 e. The van der Waals surface area contributed by atoms with Crippen LogP contribution in [0.2, 0.25) is 0 Å². The molecular formula is C66H126N10O24. The van der Waals surface area contributed by atoms with Crippen molar-refractivity contribution >= 4 is 53.2 Å². The number of amides is 9. The van der Waals surface area contributed by atoms with Crippen molar-refractivity contribution in [3.8, 4) is 0 Å². The third-order valence-electron chi connectivity index (χ3n) is 16.8. The maximum absolute atomic E-state index is 14.0. The number of aliphatic hydroxyl groups is 9. The van der Waals surface area contributed by atoms with Crippen LogP contribution in [0, 0.1) is 35.5 Å². The van der Waals surface area contributed by atoms with Crippen molar-refractivity contribution in [2.75, 3.05) is 112 Å². The number of aliphatic hydroxyl groups excluding tert-OH is 9. The highest BCUT2D eigenvalue weighted by atomic mass is 16.7. The van der Waals surface area contributed by atoms with Crippen LogP contribution in [0.5, 0.6) is 0 Å². The first kappa shape index (κ1) is 94.6. The van der Waals surface area contributed by atoms with Crippen molar-refractivity contribution < 1.29 is 118 Å². The first-order valence-electron chi connectivity index (χ1n) is 35.0. The minimum Gasteiger partial charge on any atom is -0.394 e. The molecule has 0 spiro atoms. The molecule has 0 radical (unpaired) electrons. The zero-order valence-electron chi connectivity index (χ0n) is 61.2. The van der Waals surface area contributed by atoms with Crippen LogP contribution in [0.4, 0.5) is 0 Å². The molecule has 34 nitrogen and oxygen atoms in total. The van der Waals surface area contributed by atoms with Crippen molar-refractivity contribution in [3.63, 3.8) is 0 Å². The van der Waals surface area contributed by atoms with Gasteiger partial charge in [-0.05, 0) is 82.0 Å². The van der Waals surface area contributed by atoms with Gasteiger partial charge in [0.05, 0.1) is 117 Å². The van der Waals surface area contributed by atoms with Gasteiger partial charge in [-0.25, -0.2) is 0 Å². The molecule has 34 heteroatoms. The molecule has 0 saturated heterocycles. The average molecular weight is 1440 g/mol. The third kappa shape index (κ3) is 41.0. The van der Waals surface area contributed by atoms with Crippen molar-refractivity contribution in [3.05, 3.63) is 0 Å². The standard InChI is InChI=1S/C66H126N10O24/c1-14-47(19-39(6)36-95-64(51(30-77)73-44(11)86)98-55(33-80)41(8)83)22-67-58(89)25-70-61(92)28-76(29-62(93)71-26-59(90)69-24-49(16-3)21-50(17-4)38-97-66(53(32-79)75-46(13)88)100-57(35-82)43(10)85)54(18-5)63(94)72-27-60(91)68-23-48(15-2)20-40(7)37-96-65(52(31-78)74-45(12)87)99-56(34-81)42(9)84/h39-43,47-57,64-66,77-85H,14-38H2,1-13H3,(H,67,89)(H,68,91)(H,69,90)(H,70,92)(H,71,93)(H,72,94)(H,73,86)(H,74,87)(H,75,88)/t39?,40?,41-,42-,43-,47?,48?,49?,50?,51+,52+,53+,54?,55?,56?,57?,64?,65?,66?/m1/s1. The molecule has 0 rings (SSSR count). The Morgan fingerprint density at radius 3 is 0.940 bits per heavy atom. The van der Waals surface area contributed by atoms with Gasteiger partial charge >= 0.3 is 0 Å². The number of hydrogen-bond donors (Lipinski definition) is 18. The lowest BCUT2D eigenvalue weighted by molar-refractivity contribution is -0.219. The summed E-state index contributed by atoms with van der Waals surface area (Å²) < 4.78 is 35.3. The second-order valence-electron chi connectivity index (χ2n) is 25.9. The molecule has 19 atom stereocenters. The molecule has 0 aromatic carbocycles. The number of carbonyl (C=O) groups excluding carboxylic acids is 9. The van der Waals surface area contributed by atoms with Gasteiger partial charge in [-0.1, -0.05) is 74.1 Å². The summed E-state index contributed by atoms with van der Waals surface area (Å²) in [4.78, 5) is 118. The molecule has 18 N–H and O–H groups in total. The fraction of sp³-hybridized carbons (Fsp3) is 0.864. The fourth-order valence-corrected chi connectivity index (χ4v) is 10.6. The minimum absolute atomic E-state index is 0.0262. The van der Waals surface area contributed by atoms with Gasteiger partial charge in [0.15, 0.2) is 18.9 Å². The number of carbonyl (C=O) groups is 9. The number of nitrogens with zero attached hydrogens (tertiary/aromatic N) is 1. The van der Waals surface area contributed by atoms with Crippen LogP contribution in [0.1, 0.15) is 141 Å². The van der Waals surface area contributed by atoms with Crippen molar-refractivity contribution in [2.24, 2.45) is 35.5 Å². The van der Waals surface area contributed by atoms with E-state index < -0.39 is 205 Å². The van der Waals surface area contributed by atoms with Crippen molar-refractivity contribution in [2.45, 2.75) is 221 Å². The van der Waals surface area contributed by atoms with E-state index in [1.807, 2.05) is 41.5 Å². The summed E-state index contributed by atoms with van der Waals surface area (Å²) in [7, 11) is 0. The first-order valence-corrected chi connectivity index (χ1v) is 35.0. The van der Waals surface area contributed by atoms with Crippen LogP contribution < -0.4 is 47.9 Å². The summed E-state index contributed by atoms with van der Waals surface area (Å²) in [6, 6.07) is -4.25. The molecule has 0 heterocycles. The molecule has 9 amide bonds. The highest BCUT2D eigenvalue weighted by Crippen LogP contribution is 2.23. The Morgan fingerprint density at radius 1 is 0.370 bits per heavy atom. The van der Waals surface area contributed by atoms with Crippen LogP contribution in [0.3, 0.4) is 0 Å². The Morgan fingerprint density at radius 2 is 0.670 bits per heavy atom. The Hall–Kier alpha value is -5.41. The highest BCUT2D eigenvalue weighted by Gasteiger charge is 2.34. The Labute approximate surface area is 589 Å². The SMILES string of the molecule is CCC(CNC(=O)CNC(=O)CN(CC(=O)NCC(=O)NCC(CC)CC(CC)COC(OC(CO)[C@@H](C)O)[C@H](CO)NC(C)=O)C(CC)C(=O)NCC(=O)NCC(CC)CC(C)COC(OC(CO)[C@@H](C)O)[C@H](CO)NC(C)=O)CC(C)COC(OC(CO)[C@@H](C)O)[C@H](CO)NC(C)=O. The number of rotatable bonds is 59. The van der Waals surface area contributed by atoms with E-state index in [4.69, 9.17) is 28.4 Å². The van der Waals surface area contributed by atoms with E-state index in [-0.39, 0.29) is 81.4 Å². The third-order valence-corrected chi connectivity index (χ3v) is 16.8. The molecule has 0 fully saturated rings. The molecule has 0 aliphatic heterocycles. The van der Waals surface area contributed by atoms with Gasteiger partial charge in [-0.3, -0.25) is 48.1 Å². The van der Waals surface area contributed by atoms with Gasteiger partial charge < -0.3 is 122 Å². The summed E-state index contributed by atoms with van der Waals surface area (Å²) >= 11 is 0. The predicted octanol–water partition coefficient (Wildman–Crippen LogP) is -3.89. The largest absolute Gasteiger partial charge is 0.394 e. The highest BCUT2D eigenvalue weighted by molar-refractivity contribution is 5.90. The molecule has 100 heavy (non-hydrogen) atoms. The first-order chi connectivity index (χ1) is 47.3. The molecular weight excluding hydrogens is 1320 g/mol. The molecule has 0 aromatic heterocycles. The zero-order valence-corrected chi connectivity index (χ0v) is 61.2. The monoisotopic (exact) mass is 1440 g/mol. The normalized spacial score (nSPS) is 17.4. The van der Waals surface area contributed by atoms with Crippen LogP contribution in [-0.4, -0.2) is 296 Å². The maximum atomic E-state index is 14.0. The lowest BCUT2D eigenvalue weighted by atomic mass is 9.91. The quantitative estimate of drug-likeness (QED) is 0.0259. The van der Waals surface area contributed by atoms with Crippen molar-refractivity contribution in [1.29, 1.82) is 0 Å². The topological polar surface area (TPSA) is 503 Å². The van der Waals surface area contributed by atoms with E-state index in [1.54, 1.807) is 6.92 Å². The van der Waals surface area contributed by atoms with Crippen LogP contribution >= 0.6 is 0 Å². The second-order valence-corrected chi connectivity index (χ2v) is 25.9. The lowest BCUT2D eigenvalue weighted by Gasteiger charge is -2.32. The predicted molar refractivity (Wildman–Crippen MR) is 365 cm³/mol. The van der Waals surface area contributed by atoms with Gasteiger partial charge in [0.25, 0.3) is 0 Å². The van der Waals surface area contributed by atoms with E-state index >= 15 is 0 Å². The van der Waals surface area contributed by atoms with Crippen LogP contribution in [0.25, 0.3) is 0 Å². The van der Waals surface area contributed by atoms with Gasteiger partial charge in [0.2, 0.25) is 53.2 Å². The average Bonchev–Trinajstić information content (AvgIpc) is 0.895.